The number of aliphatic hydroxyl groups is 1. The van der Waals surface area contributed by atoms with Crippen molar-refractivity contribution < 1.29 is 23.1 Å². The van der Waals surface area contributed by atoms with Gasteiger partial charge in [-0.25, -0.2) is 13.8 Å². The topological polar surface area (TPSA) is 125 Å². The van der Waals surface area contributed by atoms with Crippen LogP contribution in [-0.4, -0.2) is 32.9 Å². The zero-order valence-corrected chi connectivity index (χ0v) is 20.9. The molecule has 1 amide bonds. The van der Waals surface area contributed by atoms with Crippen LogP contribution in [0, 0.1) is 0 Å². The third-order valence-electron chi connectivity index (χ3n) is 6.16. The maximum Gasteiger partial charge on any atom is 0.254 e. The summed E-state index contributed by atoms with van der Waals surface area (Å²) in [7, 11) is 0. The van der Waals surface area contributed by atoms with Crippen molar-refractivity contribution in [3.63, 3.8) is 0 Å². The number of fused-ring (bicyclic) bond motifs is 1. The van der Waals surface area contributed by atoms with Gasteiger partial charge in [-0.2, -0.15) is 0 Å². The van der Waals surface area contributed by atoms with E-state index in [0.717, 1.165) is 5.56 Å². The predicted molar refractivity (Wildman–Crippen MR) is 137 cm³/mol. The van der Waals surface area contributed by atoms with Crippen LogP contribution in [0.25, 0.3) is 11.5 Å². The van der Waals surface area contributed by atoms with E-state index in [1.165, 1.54) is 39.1 Å². The number of amides is 1. The number of rotatable bonds is 8. The molecular weight excluding hydrogens is 494 g/mol. The molecule has 2 aromatic carbocycles. The molecule has 1 aliphatic rings. The van der Waals surface area contributed by atoms with Gasteiger partial charge in [-0.15, -0.1) is 10.2 Å². The number of hydrogen-bond donors (Lipinski definition) is 4. The van der Waals surface area contributed by atoms with Gasteiger partial charge in [0.05, 0.1) is 17.3 Å². The molecular formula is C27H26F2N6O3. The van der Waals surface area contributed by atoms with Gasteiger partial charge in [-0.1, -0.05) is 30.3 Å². The minimum absolute atomic E-state index is 0.0151. The van der Waals surface area contributed by atoms with E-state index < -0.39 is 30.0 Å². The first-order valence-corrected chi connectivity index (χ1v) is 11.9. The fourth-order valence-corrected chi connectivity index (χ4v) is 4.18. The van der Waals surface area contributed by atoms with Crippen LogP contribution in [0.15, 0.2) is 65.2 Å². The van der Waals surface area contributed by atoms with Gasteiger partial charge < -0.3 is 25.5 Å². The van der Waals surface area contributed by atoms with Crippen LogP contribution < -0.4 is 16.0 Å². The summed E-state index contributed by atoms with van der Waals surface area (Å²) in [5.41, 5.74) is 1.19. The summed E-state index contributed by atoms with van der Waals surface area (Å²) in [6.45, 7) is 3.62. The number of anilines is 3. The number of halogens is 2. The smallest absolute Gasteiger partial charge is 0.254 e. The van der Waals surface area contributed by atoms with Crippen LogP contribution in [0.5, 0.6) is 0 Å². The van der Waals surface area contributed by atoms with Crippen molar-refractivity contribution in [2.24, 2.45) is 0 Å². The summed E-state index contributed by atoms with van der Waals surface area (Å²) >= 11 is 0. The molecule has 0 saturated carbocycles. The molecule has 4 N–H and O–H groups in total. The minimum Gasteiger partial charge on any atom is -0.417 e. The molecule has 3 heterocycles. The van der Waals surface area contributed by atoms with Gasteiger partial charge in [0.15, 0.2) is 0 Å². The van der Waals surface area contributed by atoms with Crippen LogP contribution in [0.4, 0.5) is 26.0 Å². The lowest BCUT2D eigenvalue weighted by Gasteiger charge is -2.20. The third-order valence-corrected chi connectivity index (χ3v) is 6.16. The van der Waals surface area contributed by atoms with E-state index in [2.05, 4.69) is 31.1 Å². The number of hydrogen-bond acceptors (Lipinski definition) is 8. The number of carbonyl (C=O) groups excluding carboxylic acids is 1. The van der Waals surface area contributed by atoms with Gasteiger partial charge in [0.1, 0.15) is 18.1 Å². The first kappa shape index (κ1) is 25.3. The predicted octanol–water partition coefficient (Wildman–Crippen LogP) is 5.11. The number of pyridine rings is 1. The van der Waals surface area contributed by atoms with Gasteiger partial charge in [-0.05, 0) is 44.5 Å². The normalized spacial score (nSPS) is 17.6. The molecule has 5 rings (SSSR count). The van der Waals surface area contributed by atoms with Crippen LogP contribution in [0.3, 0.4) is 0 Å². The molecule has 2 aromatic heterocycles. The van der Waals surface area contributed by atoms with E-state index >= 15 is 0 Å². The fraction of sp³-hybridized carbons (Fsp3) is 0.259. The largest absolute Gasteiger partial charge is 0.417 e. The Balaban J connectivity index is 1.52. The monoisotopic (exact) mass is 520 g/mol. The molecule has 0 spiro atoms. The van der Waals surface area contributed by atoms with E-state index in [4.69, 9.17) is 4.42 Å². The van der Waals surface area contributed by atoms with Crippen molar-refractivity contribution in [2.45, 2.75) is 38.2 Å². The minimum atomic E-state index is -1.99. The van der Waals surface area contributed by atoms with E-state index in [0.29, 0.717) is 22.8 Å². The van der Waals surface area contributed by atoms with Gasteiger partial charge in [0.25, 0.3) is 11.8 Å². The molecule has 0 aliphatic carbocycles. The second kappa shape index (κ2) is 9.49. The molecule has 2 atom stereocenters. The average Bonchev–Trinajstić information content (AvgIpc) is 3.46. The lowest BCUT2D eigenvalue weighted by molar-refractivity contribution is 0.0487. The summed E-state index contributed by atoms with van der Waals surface area (Å²) in [4.78, 5) is 16.4. The van der Waals surface area contributed by atoms with Crippen molar-refractivity contribution in [3.05, 3.63) is 83.4 Å². The zero-order valence-electron chi connectivity index (χ0n) is 20.9. The number of carbonyl (C=O) groups is 1. The van der Waals surface area contributed by atoms with Crippen molar-refractivity contribution in [1.82, 2.24) is 20.5 Å². The second-order valence-corrected chi connectivity index (χ2v) is 9.69. The summed E-state index contributed by atoms with van der Waals surface area (Å²) in [6.07, 6.45) is 1.48. The Labute approximate surface area is 217 Å². The van der Waals surface area contributed by atoms with Crippen molar-refractivity contribution >= 4 is 23.1 Å². The Morgan fingerprint density at radius 2 is 1.89 bits per heavy atom. The van der Waals surface area contributed by atoms with Crippen molar-refractivity contribution in [2.75, 3.05) is 17.3 Å². The summed E-state index contributed by atoms with van der Waals surface area (Å²) < 4.78 is 34.7. The summed E-state index contributed by atoms with van der Waals surface area (Å²) in [6, 6.07) is 14.8. The van der Waals surface area contributed by atoms with E-state index in [-0.39, 0.29) is 22.9 Å². The maximum atomic E-state index is 14.8. The van der Waals surface area contributed by atoms with Gasteiger partial charge in [0, 0.05) is 29.1 Å². The molecule has 9 nitrogen and oxygen atoms in total. The number of alkyl halides is 2. The average molecular weight is 521 g/mol. The molecule has 4 aromatic rings. The van der Waals surface area contributed by atoms with E-state index in [1.54, 1.807) is 12.1 Å². The Morgan fingerprint density at radius 1 is 1.13 bits per heavy atom. The summed E-state index contributed by atoms with van der Waals surface area (Å²) in [5.74, 6) is -2.00. The highest BCUT2D eigenvalue weighted by Crippen LogP contribution is 2.36. The molecule has 1 unspecified atom stereocenters. The van der Waals surface area contributed by atoms with Crippen molar-refractivity contribution in [1.29, 1.82) is 0 Å². The molecule has 0 saturated heterocycles. The van der Waals surface area contributed by atoms with Crippen LogP contribution >= 0.6 is 0 Å². The molecule has 0 bridgehead atoms. The SMILES string of the molecule is CC(C)(O)c1nnc(-c2cnc(Nc3ccc4c(c3)C(C)(F)NC4=O)cc2N[C@H](CF)c2ccccc2)o1. The number of benzene rings is 2. The van der Waals surface area contributed by atoms with E-state index in [1.807, 2.05) is 30.3 Å². The van der Waals surface area contributed by atoms with Gasteiger partial charge in [-0.3, -0.25) is 4.79 Å². The lowest BCUT2D eigenvalue weighted by Crippen LogP contribution is -2.31. The maximum absolute atomic E-state index is 14.8. The highest BCUT2D eigenvalue weighted by atomic mass is 19.1. The first-order valence-electron chi connectivity index (χ1n) is 11.9. The van der Waals surface area contributed by atoms with Gasteiger partial charge in [0.2, 0.25) is 11.7 Å². The van der Waals surface area contributed by atoms with Crippen molar-refractivity contribution in [3.8, 4) is 11.5 Å². The van der Waals surface area contributed by atoms with Crippen LogP contribution in [-0.2, 0) is 11.4 Å². The zero-order chi connectivity index (χ0) is 27.1. The Hall–Kier alpha value is -4.38. The summed E-state index contributed by atoms with van der Waals surface area (Å²) in [5, 5.41) is 26.8. The van der Waals surface area contributed by atoms with Crippen LogP contribution in [0.2, 0.25) is 0 Å². The Bertz CT molecular complexity index is 1480. The lowest BCUT2D eigenvalue weighted by atomic mass is 10.0. The molecule has 38 heavy (non-hydrogen) atoms. The first-order chi connectivity index (χ1) is 18.0. The second-order valence-electron chi connectivity index (χ2n) is 9.69. The third kappa shape index (κ3) is 4.92. The van der Waals surface area contributed by atoms with E-state index in [9.17, 15) is 18.7 Å². The highest BCUT2D eigenvalue weighted by Gasteiger charge is 2.39. The quantitative estimate of drug-likeness (QED) is 0.236. The number of aromatic nitrogens is 3. The highest BCUT2D eigenvalue weighted by molar-refractivity contribution is 6.00. The molecule has 0 fully saturated rings. The van der Waals surface area contributed by atoms with Gasteiger partial charge >= 0.3 is 0 Å². The van der Waals surface area contributed by atoms with Crippen LogP contribution in [0.1, 0.15) is 54.2 Å². The standard InChI is InChI=1S/C27H26F2N6O3/c1-26(2,37)25-35-34-24(38-25)18-14-30-22(12-20(18)32-21(13-28)15-7-5-4-6-8-15)31-16-9-10-17-19(11-16)27(3,29)33-23(17)36/h4-12,14,21,37H,13H2,1-3H3,(H,33,36)(H2,30,31,32)/t21-,27?/m1/s1. The Kier molecular flexibility index (Phi) is 6.31. The molecule has 11 heteroatoms. The molecule has 1 aliphatic heterocycles. The number of nitrogens with one attached hydrogen (secondary N) is 3. The Morgan fingerprint density at radius 3 is 2.58 bits per heavy atom. The molecule has 196 valence electrons. The fourth-order valence-electron chi connectivity index (χ4n) is 4.18. The number of nitrogens with zero attached hydrogens (tertiary/aromatic N) is 3. The molecule has 0 radical (unpaired) electrons.